The smallest absolute Gasteiger partial charge is 0.135 e. The van der Waals surface area contributed by atoms with E-state index in [1.54, 1.807) is 12.1 Å². The van der Waals surface area contributed by atoms with E-state index in [4.69, 9.17) is 5.73 Å². The largest absolute Gasteiger partial charge is 0.389 e. The fourth-order valence-electron chi connectivity index (χ4n) is 1.03. The standard InChI is InChI=1S/C9H11FN2S/c1-2-12-6-3-4-7(9(11)13)8(10)5-6/h3-5,12H,2H2,1H3,(H2,11,13). The molecule has 0 unspecified atom stereocenters. The molecule has 0 spiro atoms. The number of anilines is 1. The van der Waals surface area contributed by atoms with E-state index in [-0.39, 0.29) is 16.4 Å². The Balaban J connectivity index is 2.98. The van der Waals surface area contributed by atoms with Gasteiger partial charge >= 0.3 is 0 Å². The first-order valence-corrected chi connectivity index (χ1v) is 4.39. The molecule has 0 saturated heterocycles. The van der Waals surface area contributed by atoms with Crippen molar-refractivity contribution in [3.63, 3.8) is 0 Å². The van der Waals surface area contributed by atoms with Crippen molar-refractivity contribution in [1.82, 2.24) is 0 Å². The van der Waals surface area contributed by atoms with E-state index in [0.29, 0.717) is 0 Å². The first-order valence-electron chi connectivity index (χ1n) is 3.98. The maximum absolute atomic E-state index is 13.2. The minimum atomic E-state index is -0.383. The van der Waals surface area contributed by atoms with Crippen molar-refractivity contribution in [2.45, 2.75) is 6.92 Å². The van der Waals surface area contributed by atoms with Gasteiger partial charge in [-0.15, -0.1) is 0 Å². The van der Waals surface area contributed by atoms with Crippen LogP contribution in [0.3, 0.4) is 0 Å². The van der Waals surface area contributed by atoms with Gasteiger partial charge in [-0.1, -0.05) is 12.2 Å². The number of nitrogens with one attached hydrogen (secondary N) is 1. The molecule has 2 nitrogen and oxygen atoms in total. The Morgan fingerprint density at radius 2 is 2.31 bits per heavy atom. The van der Waals surface area contributed by atoms with Gasteiger partial charge in [0.1, 0.15) is 10.8 Å². The topological polar surface area (TPSA) is 38.0 Å². The van der Waals surface area contributed by atoms with Crippen LogP contribution in [0.5, 0.6) is 0 Å². The maximum Gasteiger partial charge on any atom is 0.135 e. The van der Waals surface area contributed by atoms with Crippen LogP contribution < -0.4 is 11.1 Å². The fraction of sp³-hybridized carbons (Fsp3) is 0.222. The number of thiocarbonyl (C=S) groups is 1. The zero-order valence-electron chi connectivity index (χ0n) is 7.30. The molecule has 1 rings (SSSR count). The summed E-state index contributed by atoms with van der Waals surface area (Å²) in [7, 11) is 0. The monoisotopic (exact) mass is 198 g/mol. The summed E-state index contributed by atoms with van der Waals surface area (Å²) in [5, 5.41) is 2.99. The van der Waals surface area contributed by atoms with Crippen molar-refractivity contribution in [3.8, 4) is 0 Å². The third-order valence-electron chi connectivity index (χ3n) is 1.62. The lowest BCUT2D eigenvalue weighted by molar-refractivity contribution is 0.626. The van der Waals surface area contributed by atoms with Crippen molar-refractivity contribution in [3.05, 3.63) is 29.6 Å². The lowest BCUT2D eigenvalue weighted by Gasteiger charge is -2.05. The van der Waals surface area contributed by atoms with E-state index >= 15 is 0 Å². The third-order valence-corrected chi connectivity index (χ3v) is 1.84. The fourth-order valence-corrected chi connectivity index (χ4v) is 1.19. The average Bonchev–Trinajstić information content (AvgIpc) is 2.04. The highest BCUT2D eigenvalue weighted by molar-refractivity contribution is 7.80. The summed E-state index contributed by atoms with van der Waals surface area (Å²) in [6.45, 7) is 2.70. The van der Waals surface area contributed by atoms with Crippen LogP contribution in [0.15, 0.2) is 18.2 Å². The number of halogens is 1. The molecule has 70 valence electrons. The number of benzene rings is 1. The normalized spacial score (nSPS) is 9.69. The Bertz CT molecular complexity index is 325. The van der Waals surface area contributed by atoms with Crippen molar-refractivity contribution in [1.29, 1.82) is 0 Å². The Morgan fingerprint density at radius 3 is 2.77 bits per heavy atom. The van der Waals surface area contributed by atoms with Crippen molar-refractivity contribution >= 4 is 22.9 Å². The summed E-state index contributed by atoms with van der Waals surface area (Å²) >= 11 is 4.67. The van der Waals surface area contributed by atoms with Crippen LogP contribution >= 0.6 is 12.2 Å². The summed E-state index contributed by atoms with van der Waals surface area (Å²) in [5.41, 5.74) is 6.33. The highest BCUT2D eigenvalue weighted by atomic mass is 32.1. The Morgan fingerprint density at radius 1 is 1.62 bits per heavy atom. The molecule has 0 bridgehead atoms. The molecule has 0 fully saturated rings. The molecule has 4 heteroatoms. The molecule has 0 aliphatic heterocycles. The van der Waals surface area contributed by atoms with Crippen LogP contribution in [-0.4, -0.2) is 11.5 Å². The maximum atomic E-state index is 13.2. The van der Waals surface area contributed by atoms with Gasteiger partial charge in [-0.05, 0) is 25.1 Å². The Hall–Kier alpha value is -1.16. The molecule has 3 N–H and O–H groups in total. The van der Waals surface area contributed by atoms with Crippen LogP contribution in [-0.2, 0) is 0 Å². The summed E-state index contributed by atoms with van der Waals surface area (Å²) in [6, 6.07) is 4.72. The predicted molar refractivity (Wildman–Crippen MR) is 56.5 cm³/mol. The van der Waals surface area contributed by atoms with Crippen molar-refractivity contribution < 1.29 is 4.39 Å². The average molecular weight is 198 g/mol. The van der Waals surface area contributed by atoms with Crippen molar-refractivity contribution in [2.24, 2.45) is 5.73 Å². The van der Waals surface area contributed by atoms with E-state index in [1.807, 2.05) is 6.92 Å². The molecule has 0 radical (unpaired) electrons. The van der Waals surface area contributed by atoms with Gasteiger partial charge in [-0.25, -0.2) is 4.39 Å². The molecule has 0 saturated carbocycles. The molecule has 0 atom stereocenters. The summed E-state index contributed by atoms with van der Waals surface area (Å²) in [4.78, 5) is 0.0838. The molecule has 0 aromatic heterocycles. The highest BCUT2D eigenvalue weighted by Gasteiger charge is 2.04. The second-order valence-corrected chi connectivity index (χ2v) is 3.03. The molecular formula is C9H11FN2S. The second kappa shape index (κ2) is 4.18. The molecule has 13 heavy (non-hydrogen) atoms. The Kier molecular flexibility index (Phi) is 3.19. The predicted octanol–water partition coefficient (Wildman–Crippen LogP) is 1.89. The van der Waals surface area contributed by atoms with Gasteiger partial charge < -0.3 is 11.1 Å². The highest BCUT2D eigenvalue weighted by Crippen LogP contribution is 2.13. The van der Waals surface area contributed by atoms with Gasteiger partial charge in [0, 0.05) is 17.8 Å². The molecule has 1 aromatic carbocycles. The lowest BCUT2D eigenvalue weighted by Crippen LogP contribution is -2.11. The first-order chi connectivity index (χ1) is 6.15. The lowest BCUT2D eigenvalue weighted by atomic mass is 10.2. The number of hydrogen-bond donors (Lipinski definition) is 2. The number of rotatable bonds is 3. The zero-order chi connectivity index (χ0) is 9.84. The summed E-state index contributed by atoms with van der Waals surface area (Å²) < 4.78 is 13.2. The molecule has 0 aliphatic rings. The van der Waals surface area contributed by atoms with Crippen LogP contribution in [0.25, 0.3) is 0 Å². The third kappa shape index (κ3) is 2.39. The van der Waals surface area contributed by atoms with Gasteiger partial charge in [0.25, 0.3) is 0 Å². The van der Waals surface area contributed by atoms with E-state index in [9.17, 15) is 4.39 Å². The van der Waals surface area contributed by atoms with Crippen LogP contribution in [0.2, 0.25) is 0 Å². The van der Waals surface area contributed by atoms with E-state index in [0.717, 1.165) is 12.2 Å². The van der Waals surface area contributed by atoms with Crippen LogP contribution in [0.1, 0.15) is 12.5 Å². The van der Waals surface area contributed by atoms with Crippen LogP contribution in [0, 0.1) is 5.82 Å². The minimum Gasteiger partial charge on any atom is -0.389 e. The second-order valence-electron chi connectivity index (χ2n) is 2.59. The van der Waals surface area contributed by atoms with Gasteiger partial charge in [0.2, 0.25) is 0 Å². The molecule has 1 aromatic rings. The van der Waals surface area contributed by atoms with E-state index in [1.165, 1.54) is 6.07 Å². The molecular weight excluding hydrogens is 187 g/mol. The first kappa shape index (κ1) is 9.92. The quantitative estimate of drug-likeness (QED) is 0.728. The van der Waals surface area contributed by atoms with Gasteiger partial charge in [-0.2, -0.15) is 0 Å². The number of hydrogen-bond acceptors (Lipinski definition) is 2. The van der Waals surface area contributed by atoms with E-state index < -0.39 is 0 Å². The Labute approximate surface area is 81.9 Å². The van der Waals surface area contributed by atoms with Gasteiger partial charge in [0.05, 0.1) is 0 Å². The minimum absolute atomic E-state index is 0.0838. The van der Waals surface area contributed by atoms with Crippen LogP contribution in [0.4, 0.5) is 10.1 Å². The molecule has 0 aliphatic carbocycles. The number of nitrogens with two attached hydrogens (primary N) is 1. The molecule has 0 amide bonds. The van der Waals surface area contributed by atoms with Gasteiger partial charge in [0.15, 0.2) is 0 Å². The zero-order valence-corrected chi connectivity index (χ0v) is 8.12. The summed E-state index contributed by atoms with van der Waals surface area (Å²) in [5.74, 6) is -0.383. The molecule has 0 heterocycles. The SMILES string of the molecule is CCNc1ccc(C(N)=S)c(F)c1. The summed E-state index contributed by atoms with van der Waals surface area (Å²) in [6.07, 6.45) is 0. The van der Waals surface area contributed by atoms with E-state index in [2.05, 4.69) is 17.5 Å². The van der Waals surface area contributed by atoms with Gasteiger partial charge in [-0.3, -0.25) is 0 Å². The van der Waals surface area contributed by atoms with Crippen molar-refractivity contribution in [2.75, 3.05) is 11.9 Å².